The van der Waals surface area contributed by atoms with Crippen LogP contribution in [0.3, 0.4) is 0 Å². The number of aliphatic imine (C=N–C) groups is 1. The van der Waals surface area contributed by atoms with Gasteiger partial charge < -0.3 is 43.4 Å². The molecule has 0 aliphatic heterocycles. The van der Waals surface area contributed by atoms with E-state index in [2.05, 4.69) is 20.9 Å². The fraction of sp³-hybridized carbons (Fsp3) is 0.750. The predicted molar refractivity (Wildman–Crippen MR) is 123 cm³/mol. The molecule has 0 radical (unpaired) electrons. The van der Waals surface area contributed by atoms with E-state index in [0.29, 0.717) is 6.42 Å². The van der Waals surface area contributed by atoms with Crippen LogP contribution >= 0.6 is 0 Å². The van der Waals surface area contributed by atoms with E-state index in [9.17, 15) is 24.3 Å². The Morgan fingerprint density at radius 2 is 1.45 bits per heavy atom. The van der Waals surface area contributed by atoms with E-state index in [1.165, 1.54) is 0 Å². The molecule has 0 aliphatic carbocycles. The molecule has 3 amide bonds. The Bertz CT molecular complexity index is 694. The summed E-state index contributed by atoms with van der Waals surface area (Å²) in [6.07, 6.45) is 0.700. The van der Waals surface area contributed by atoms with E-state index < -0.39 is 60.4 Å². The Morgan fingerprint density at radius 1 is 0.909 bits per heavy atom. The van der Waals surface area contributed by atoms with Crippen molar-refractivity contribution in [2.24, 2.45) is 34.0 Å². The summed E-state index contributed by atoms with van der Waals surface area (Å²) in [6.45, 7) is 6.58. The van der Waals surface area contributed by atoms with E-state index in [0.717, 1.165) is 0 Å². The molecule has 0 heterocycles. The van der Waals surface area contributed by atoms with Gasteiger partial charge in [0.2, 0.25) is 17.7 Å². The van der Waals surface area contributed by atoms with E-state index in [4.69, 9.17) is 22.3 Å². The Hall–Kier alpha value is -2.93. The first kappa shape index (κ1) is 30.1. The summed E-state index contributed by atoms with van der Waals surface area (Å²) in [7, 11) is 0. The Balaban J connectivity index is 5.57. The van der Waals surface area contributed by atoms with Crippen molar-refractivity contribution >= 4 is 29.7 Å². The monoisotopic (exact) mass is 473 g/mol. The first-order valence-electron chi connectivity index (χ1n) is 10.9. The van der Waals surface area contributed by atoms with E-state index in [1.54, 1.807) is 13.8 Å². The van der Waals surface area contributed by atoms with Gasteiger partial charge in [-0.25, -0.2) is 4.79 Å². The highest BCUT2D eigenvalue weighted by Crippen LogP contribution is 2.09. The highest BCUT2D eigenvalue weighted by molar-refractivity contribution is 5.94. The van der Waals surface area contributed by atoms with Crippen molar-refractivity contribution < 1.29 is 29.4 Å². The highest BCUT2D eigenvalue weighted by atomic mass is 16.4. The molecule has 0 aliphatic rings. The standard InChI is InChI=1S/C20H39N7O6/c1-10(2)8-14(26-16(29)12(21)9-28)18(31)25-13(6-5-7-24-20(22)23)17(30)27-15(11(3)4)19(32)33/h10-15,28H,5-9,21H2,1-4H3,(H,25,31)(H,26,29)(H,27,30)(H,32,33)(H4,22,23,24). The van der Waals surface area contributed by atoms with E-state index >= 15 is 0 Å². The van der Waals surface area contributed by atoms with Gasteiger partial charge in [0.15, 0.2) is 5.96 Å². The molecule has 0 aromatic rings. The molecule has 33 heavy (non-hydrogen) atoms. The summed E-state index contributed by atoms with van der Waals surface area (Å²) in [6, 6.07) is -4.45. The van der Waals surface area contributed by atoms with Crippen LogP contribution in [0.5, 0.6) is 0 Å². The molecule has 0 saturated heterocycles. The number of guanidine groups is 1. The van der Waals surface area contributed by atoms with Gasteiger partial charge in [-0.3, -0.25) is 19.4 Å². The lowest BCUT2D eigenvalue weighted by atomic mass is 10.0. The van der Waals surface area contributed by atoms with Crippen molar-refractivity contribution in [3.63, 3.8) is 0 Å². The molecular formula is C20H39N7O6. The minimum Gasteiger partial charge on any atom is -0.480 e. The van der Waals surface area contributed by atoms with Gasteiger partial charge in [0.05, 0.1) is 6.61 Å². The van der Waals surface area contributed by atoms with Crippen LogP contribution in [0.15, 0.2) is 4.99 Å². The molecule has 11 N–H and O–H groups in total. The third kappa shape index (κ3) is 12.0. The number of hydrogen-bond donors (Lipinski definition) is 8. The maximum atomic E-state index is 12.9. The summed E-state index contributed by atoms with van der Waals surface area (Å²) in [5, 5.41) is 25.9. The Labute approximate surface area is 193 Å². The zero-order valence-electron chi connectivity index (χ0n) is 19.7. The number of hydrogen-bond acceptors (Lipinski definition) is 7. The van der Waals surface area contributed by atoms with Gasteiger partial charge in [-0.05, 0) is 31.1 Å². The number of carbonyl (C=O) groups excluding carboxylic acids is 3. The second-order valence-electron chi connectivity index (χ2n) is 8.56. The molecule has 4 atom stereocenters. The maximum absolute atomic E-state index is 12.9. The van der Waals surface area contributed by atoms with Crippen molar-refractivity contribution in [2.75, 3.05) is 13.2 Å². The molecule has 0 saturated carbocycles. The molecule has 4 unspecified atom stereocenters. The minimum absolute atomic E-state index is 0.0119. The molecule has 0 bridgehead atoms. The van der Waals surface area contributed by atoms with Crippen LogP contribution in [0.2, 0.25) is 0 Å². The van der Waals surface area contributed by atoms with Crippen LogP contribution in [0.4, 0.5) is 0 Å². The number of aliphatic carboxylic acids is 1. The lowest BCUT2D eigenvalue weighted by Crippen LogP contribution is -2.58. The number of rotatable bonds is 15. The average Bonchev–Trinajstić information content (AvgIpc) is 2.71. The van der Waals surface area contributed by atoms with Crippen molar-refractivity contribution in [3.8, 4) is 0 Å². The molecule has 0 spiro atoms. The van der Waals surface area contributed by atoms with Gasteiger partial charge in [0.1, 0.15) is 24.2 Å². The number of aliphatic hydroxyl groups excluding tert-OH is 1. The van der Waals surface area contributed by atoms with Crippen LogP contribution in [0, 0.1) is 11.8 Å². The third-order valence-electron chi connectivity index (χ3n) is 4.68. The number of amides is 3. The van der Waals surface area contributed by atoms with Crippen molar-refractivity contribution in [2.45, 2.75) is 71.1 Å². The van der Waals surface area contributed by atoms with Gasteiger partial charge >= 0.3 is 5.97 Å². The zero-order valence-corrected chi connectivity index (χ0v) is 19.7. The second-order valence-corrected chi connectivity index (χ2v) is 8.56. The lowest BCUT2D eigenvalue weighted by molar-refractivity contribution is -0.143. The first-order valence-corrected chi connectivity index (χ1v) is 10.9. The maximum Gasteiger partial charge on any atom is 0.326 e. The Morgan fingerprint density at radius 3 is 1.91 bits per heavy atom. The van der Waals surface area contributed by atoms with Crippen LogP contribution in [0.25, 0.3) is 0 Å². The number of carboxylic acid groups (broad SMARTS) is 1. The molecule has 0 aromatic heterocycles. The molecular weight excluding hydrogens is 434 g/mol. The summed E-state index contributed by atoms with van der Waals surface area (Å²) < 4.78 is 0. The molecule has 0 aromatic carbocycles. The predicted octanol–water partition coefficient (Wildman–Crippen LogP) is -2.40. The highest BCUT2D eigenvalue weighted by Gasteiger charge is 2.31. The summed E-state index contributed by atoms with van der Waals surface area (Å²) in [5.41, 5.74) is 16.1. The van der Waals surface area contributed by atoms with Crippen LogP contribution in [-0.4, -0.2) is 77.2 Å². The zero-order chi connectivity index (χ0) is 25.7. The first-order chi connectivity index (χ1) is 15.3. The van der Waals surface area contributed by atoms with Gasteiger partial charge in [0.25, 0.3) is 0 Å². The van der Waals surface area contributed by atoms with Gasteiger partial charge in [0, 0.05) is 6.54 Å². The largest absolute Gasteiger partial charge is 0.480 e. The minimum atomic E-state index is -1.20. The van der Waals surface area contributed by atoms with Crippen molar-refractivity contribution in [1.29, 1.82) is 0 Å². The third-order valence-corrected chi connectivity index (χ3v) is 4.68. The number of nitrogens with one attached hydrogen (secondary N) is 3. The SMILES string of the molecule is CC(C)CC(NC(=O)C(N)CO)C(=O)NC(CCCN=C(N)N)C(=O)NC(C(=O)O)C(C)C. The summed E-state index contributed by atoms with van der Waals surface area (Å²) in [4.78, 5) is 53.2. The smallest absolute Gasteiger partial charge is 0.326 e. The number of nitrogens with zero attached hydrogens (tertiary/aromatic N) is 1. The topological polar surface area (TPSA) is 235 Å². The van der Waals surface area contributed by atoms with Crippen LogP contribution < -0.4 is 33.2 Å². The summed E-state index contributed by atoms with van der Waals surface area (Å²) in [5.74, 6) is -3.73. The van der Waals surface area contributed by atoms with E-state index in [1.807, 2.05) is 13.8 Å². The molecule has 0 fully saturated rings. The molecule has 13 nitrogen and oxygen atoms in total. The van der Waals surface area contributed by atoms with Crippen LogP contribution in [-0.2, 0) is 19.2 Å². The fourth-order valence-corrected chi connectivity index (χ4v) is 2.88. The molecule has 0 rings (SSSR count). The van der Waals surface area contributed by atoms with Crippen LogP contribution in [0.1, 0.15) is 47.0 Å². The Kier molecular flexibility index (Phi) is 13.7. The average molecular weight is 474 g/mol. The molecule has 13 heteroatoms. The normalized spacial score (nSPS) is 14.7. The van der Waals surface area contributed by atoms with Gasteiger partial charge in [-0.2, -0.15) is 0 Å². The fourth-order valence-electron chi connectivity index (χ4n) is 2.88. The number of carboxylic acids is 1. The molecule has 190 valence electrons. The lowest BCUT2D eigenvalue weighted by Gasteiger charge is -2.26. The van der Waals surface area contributed by atoms with Gasteiger partial charge in [-0.1, -0.05) is 27.7 Å². The van der Waals surface area contributed by atoms with E-state index in [-0.39, 0.29) is 31.3 Å². The van der Waals surface area contributed by atoms with Crippen molar-refractivity contribution in [3.05, 3.63) is 0 Å². The van der Waals surface area contributed by atoms with Gasteiger partial charge in [-0.15, -0.1) is 0 Å². The number of carbonyl (C=O) groups is 4. The summed E-state index contributed by atoms with van der Waals surface area (Å²) >= 11 is 0. The quantitative estimate of drug-likeness (QED) is 0.0717. The number of nitrogens with two attached hydrogens (primary N) is 3. The second kappa shape index (κ2) is 15.0. The number of aliphatic hydroxyl groups is 1. The van der Waals surface area contributed by atoms with Crippen molar-refractivity contribution in [1.82, 2.24) is 16.0 Å².